The van der Waals surface area contributed by atoms with Crippen LogP contribution in [0.4, 0.5) is 0 Å². The van der Waals surface area contributed by atoms with Gasteiger partial charge in [0.15, 0.2) is 0 Å². The van der Waals surface area contributed by atoms with E-state index < -0.39 is 0 Å². The fraction of sp³-hybridized carbons (Fsp3) is 0.429. The number of hydrogen-bond acceptors (Lipinski definition) is 2. The molecule has 1 atom stereocenters. The van der Waals surface area contributed by atoms with Gasteiger partial charge in [0.25, 0.3) is 0 Å². The van der Waals surface area contributed by atoms with Crippen LogP contribution in [0, 0.1) is 0 Å². The van der Waals surface area contributed by atoms with E-state index >= 15 is 0 Å². The molecule has 0 aromatic heterocycles. The molecular weight excluding hydrogens is 269 g/mol. The molecule has 1 rings (SSSR count). The van der Waals surface area contributed by atoms with Crippen molar-refractivity contribution in [2.75, 3.05) is 20.2 Å². The number of halogens is 2. The van der Waals surface area contributed by atoms with E-state index in [1.165, 1.54) is 0 Å². The maximum atomic E-state index is 9.63. The Hall–Kier alpha value is -0.540. The Balaban J connectivity index is 2.90. The zero-order valence-corrected chi connectivity index (χ0v) is 12.3. The average molecular weight is 288 g/mol. The quantitative estimate of drug-likeness (QED) is 0.811. The van der Waals surface area contributed by atoms with Crippen LogP contribution in [-0.4, -0.2) is 35.7 Å². The van der Waals surface area contributed by atoms with Crippen LogP contribution in [0.25, 0.3) is 0 Å². The predicted molar refractivity (Wildman–Crippen MR) is 78.5 cm³/mol. The minimum absolute atomic E-state index is 0.0670. The largest absolute Gasteiger partial charge is 0.394 e. The number of aliphatic hydroxyl groups excluding tert-OH is 1. The number of nitrogens with zero attached hydrogens (tertiary/aromatic N) is 1. The van der Waals surface area contributed by atoms with Crippen molar-refractivity contribution in [2.45, 2.75) is 18.9 Å². The average Bonchev–Trinajstić information content (AvgIpc) is 2.34. The fourth-order valence-electron chi connectivity index (χ4n) is 1.81. The summed E-state index contributed by atoms with van der Waals surface area (Å²) in [6.07, 6.45) is 2.52. The summed E-state index contributed by atoms with van der Waals surface area (Å²) >= 11 is 11.9. The van der Waals surface area contributed by atoms with Gasteiger partial charge < -0.3 is 5.11 Å². The lowest BCUT2D eigenvalue weighted by Gasteiger charge is -2.37. The molecule has 1 aromatic carbocycles. The molecule has 18 heavy (non-hydrogen) atoms. The maximum absolute atomic E-state index is 9.63. The zero-order chi connectivity index (χ0) is 13.8. The molecule has 0 bridgehead atoms. The van der Waals surface area contributed by atoms with E-state index in [1.54, 1.807) is 6.07 Å². The number of rotatable bonds is 6. The van der Waals surface area contributed by atoms with Crippen molar-refractivity contribution in [3.8, 4) is 0 Å². The smallest absolute Gasteiger partial charge is 0.0616 e. The van der Waals surface area contributed by atoms with Crippen LogP contribution in [-0.2, 0) is 6.42 Å². The van der Waals surface area contributed by atoms with Gasteiger partial charge in [0.05, 0.1) is 16.7 Å². The van der Waals surface area contributed by atoms with Crippen molar-refractivity contribution in [1.82, 2.24) is 4.90 Å². The standard InChI is InChI=1S/C14H19Cl2NO/c1-4-7-17(3)14(2,10-18)9-11-5-6-12(15)13(16)8-11/h4-6,8,18H,1,7,9-10H2,2-3H3. The van der Waals surface area contributed by atoms with Crippen LogP contribution in [0.3, 0.4) is 0 Å². The van der Waals surface area contributed by atoms with Gasteiger partial charge in [-0.3, -0.25) is 4.90 Å². The van der Waals surface area contributed by atoms with E-state index in [0.717, 1.165) is 12.1 Å². The van der Waals surface area contributed by atoms with E-state index in [2.05, 4.69) is 11.5 Å². The van der Waals surface area contributed by atoms with Crippen LogP contribution in [0.15, 0.2) is 30.9 Å². The molecule has 1 aromatic rings. The van der Waals surface area contributed by atoms with Crippen LogP contribution in [0.2, 0.25) is 10.0 Å². The van der Waals surface area contributed by atoms with E-state index in [0.29, 0.717) is 16.5 Å². The third-order valence-corrected chi connectivity index (χ3v) is 3.97. The Morgan fingerprint density at radius 3 is 2.56 bits per heavy atom. The monoisotopic (exact) mass is 287 g/mol. The lowest BCUT2D eigenvalue weighted by Crippen LogP contribution is -2.48. The van der Waals surface area contributed by atoms with Crippen LogP contribution in [0.1, 0.15) is 12.5 Å². The van der Waals surface area contributed by atoms with Gasteiger partial charge in [-0.1, -0.05) is 35.3 Å². The Kier molecular flexibility index (Phi) is 5.67. The first-order valence-electron chi connectivity index (χ1n) is 5.80. The third-order valence-electron chi connectivity index (χ3n) is 3.23. The molecule has 0 saturated heterocycles. The van der Waals surface area contributed by atoms with E-state index in [1.807, 2.05) is 32.2 Å². The second-order valence-electron chi connectivity index (χ2n) is 4.75. The molecule has 0 heterocycles. The highest BCUT2D eigenvalue weighted by Crippen LogP contribution is 2.26. The van der Waals surface area contributed by atoms with Gasteiger partial charge in [0.2, 0.25) is 0 Å². The molecule has 0 fully saturated rings. The van der Waals surface area contributed by atoms with Crippen molar-refractivity contribution in [1.29, 1.82) is 0 Å². The van der Waals surface area contributed by atoms with Crippen molar-refractivity contribution >= 4 is 23.2 Å². The van der Waals surface area contributed by atoms with Crippen molar-refractivity contribution in [3.63, 3.8) is 0 Å². The van der Waals surface area contributed by atoms with E-state index in [9.17, 15) is 5.11 Å². The first kappa shape index (κ1) is 15.5. The molecule has 1 N–H and O–H groups in total. The van der Waals surface area contributed by atoms with Crippen LogP contribution < -0.4 is 0 Å². The second kappa shape index (κ2) is 6.58. The highest BCUT2D eigenvalue weighted by molar-refractivity contribution is 6.42. The summed E-state index contributed by atoms with van der Waals surface area (Å²) < 4.78 is 0. The zero-order valence-electron chi connectivity index (χ0n) is 10.8. The van der Waals surface area contributed by atoms with Crippen LogP contribution >= 0.6 is 23.2 Å². The highest BCUT2D eigenvalue weighted by Gasteiger charge is 2.28. The number of aliphatic hydroxyl groups is 1. The normalized spacial score (nSPS) is 14.6. The topological polar surface area (TPSA) is 23.5 Å². The minimum atomic E-state index is -0.342. The number of benzene rings is 1. The molecular formula is C14H19Cl2NO. The molecule has 0 radical (unpaired) electrons. The predicted octanol–water partition coefficient (Wildman–Crippen LogP) is 3.40. The fourth-order valence-corrected chi connectivity index (χ4v) is 2.14. The molecule has 0 saturated carbocycles. The highest BCUT2D eigenvalue weighted by atomic mass is 35.5. The summed E-state index contributed by atoms with van der Waals surface area (Å²) in [6, 6.07) is 5.56. The van der Waals surface area contributed by atoms with Crippen molar-refractivity contribution in [2.24, 2.45) is 0 Å². The van der Waals surface area contributed by atoms with Gasteiger partial charge in [-0.05, 0) is 38.1 Å². The summed E-state index contributed by atoms with van der Waals surface area (Å²) in [5, 5.41) is 10.7. The first-order chi connectivity index (χ1) is 8.42. The number of likely N-dealkylation sites (N-methyl/N-ethyl adjacent to an activating group) is 1. The van der Waals surface area contributed by atoms with Gasteiger partial charge in [0, 0.05) is 12.1 Å². The first-order valence-corrected chi connectivity index (χ1v) is 6.55. The lowest BCUT2D eigenvalue weighted by atomic mass is 9.92. The molecule has 0 aliphatic carbocycles. The second-order valence-corrected chi connectivity index (χ2v) is 5.56. The van der Waals surface area contributed by atoms with Gasteiger partial charge in [-0.25, -0.2) is 0 Å². The van der Waals surface area contributed by atoms with Gasteiger partial charge in [-0.15, -0.1) is 6.58 Å². The lowest BCUT2D eigenvalue weighted by molar-refractivity contribution is 0.0730. The molecule has 0 aliphatic rings. The molecule has 1 unspecified atom stereocenters. The van der Waals surface area contributed by atoms with Crippen molar-refractivity contribution in [3.05, 3.63) is 46.5 Å². The summed E-state index contributed by atoms with van der Waals surface area (Å²) in [4.78, 5) is 2.07. The molecule has 0 spiro atoms. The number of hydrogen-bond donors (Lipinski definition) is 1. The van der Waals surface area contributed by atoms with Gasteiger partial charge >= 0.3 is 0 Å². The molecule has 0 aliphatic heterocycles. The Bertz CT molecular complexity index is 422. The molecule has 100 valence electrons. The molecule has 2 nitrogen and oxygen atoms in total. The van der Waals surface area contributed by atoms with Crippen molar-refractivity contribution < 1.29 is 5.11 Å². The Labute approximate surface area is 119 Å². The molecule has 4 heteroatoms. The van der Waals surface area contributed by atoms with Gasteiger partial charge in [-0.2, -0.15) is 0 Å². The van der Waals surface area contributed by atoms with Gasteiger partial charge in [0.1, 0.15) is 0 Å². The van der Waals surface area contributed by atoms with E-state index in [4.69, 9.17) is 23.2 Å². The summed E-state index contributed by atoms with van der Waals surface area (Å²) in [7, 11) is 1.97. The summed E-state index contributed by atoms with van der Waals surface area (Å²) in [5.41, 5.74) is 0.711. The SMILES string of the molecule is C=CCN(C)C(C)(CO)Cc1ccc(Cl)c(Cl)c1. The maximum Gasteiger partial charge on any atom is 0.0616 e. The molecule has 0 amide bonds. The summed E-state index contributed by atoms with van der Waals surface area (Å²) in [5.74, 6) is 0. The Morgan fingerprint density at radius 2 is 2.06 bits per heavy atom. The third kappa shape index (κ3) is 3.72. The van der Waals surface area contributed by atoms with Crippen LogP contribution in [0.5, 0.6) is 0 Å². The minimum Gasteiger partial charge on any atom is -0.394 e. The summed E-state index contributed by atoms with van der Waals surface area (Å²) in [6.45, 7) is 6.52. The van der Waals surface area contributed by atoms with E-state index in [-0.39, 0.29) is 12.1 Å². The Morgan fingerprint density at radius 1 is 1.39 bits per heavy atom.